The predicted octanol–water partition coefficient (Wildman–Crippen LogP) is 8.15. The van der Waals surface area contributed by atoms with Crippen molar-refractivity contribution in [3.63, 3.8) is 0 Å². The van der Waals surface area contributed by atoms with Gasteiger partial charge in [0.05, 0.1) is 16.6 Å². The molecule has 1 unspecified atom stereocenters. The highest BCUT2D eigenvalue weighted by Crippen LogP contribution is 2.40. The van der Waals surface area contributed by atoms with Gasteiger partial charge < -0.3 is 5.32 Å². The van der Waals surface area contributed by atoms with Crippen molar-refractivity contribution >= 4 is 39.2 Å². The first kappa shape index (κ1) is 24.7. The summed E-state index contributed by atoms with van der Waals surface area (Å²) in [6.07, 6.45) is 2.32. The van der Waals surface area contributed by atoms with Crippen molar-refractivity contribution in [2.24, 2.45) is 5.92 Å². The Labute approximate surface area is 211 Å². The molecule has 5 rings (SSSR count). The Hall–Kier alpha value is -3.00. The van der Waals surface area contributed by atoms with E-state index in [-0.39, 0.29) is 22.7 Å². The highest BCUT2D eigenvalue weighted by atomic mass is 35.5. The SMILES string of the molecule is CC(CC1CCC(c2ccnc3ccc(F)cc23)CC1)Nc1nc(Cl)nc2cc(C(F)(F)F)ccc12. The molecule has 1 N–H and O–H groups in total. The van der Waals surface area contributed by atoms with Gasteiger partial charge in [-0.3, -0.25) is 4.98 Å². The minimum absolute atomic E-state index is 0.0406. The van der Waals surface area contributed by atoms with E-state index in [0.29, 0.717) is 23.0 Å². The van der Waals surface area contributed by atoms with E-state index in [9.17, 15) is 17.6 Å². The zero-order valence-electron chi connectivity index (χ0n) is 19.6. The molecule has 2 aromatic carbocycles. The lowest BCUT2D eigenvalue weighted by Crippen LogP contribution is -2.23. The standard InChI is InChI=1S/C27H25ClF4N4/c1-15(34-25-21-8-6-18(27(30,31)32)13-24(21)35-26(28)36-25)12-16-2-4-17(5-3-16)20-10-11-33-23-9-7-19(29)14-22(20)23/h6-11,13-17H,2-5,12H2,1H3,(H,34,35,36). The molecule has 0 amide bonds. The second kappa shape index (κ2) is 9.81. The van der Waals surface area contributed by atoms with Crippen molar-refractivity contribution in [1.29, 1.82) is 0 Å². The molecule has 188 valence electrons. The lowest BCUT2D eigenvalue weighted by molar-refractivity contribution is -0.137. The van der Waals surface area contributed by atoms with Gasteiger partial charge in [-0.2, -0.15) is 13.2 Å². The van der Waals surface area contributed by atoms with Crippen LogP contribution in [0.1, 0.15) is 56.1 Å². The van der Waals surface area contributed by atoms with Crippen LogP contribution in [0, 0.1) is 11.7 Å². The second-order valence-electron chi connectivity index (χ2n) is 9.63. The largest absolute Gasteiger partial charge is 0.416 e. The number of nitrogens with zero attached hydrogens (tertiary/aromatic N) is 3. The number of rotatable bonds is 5. The van der Waals surface area contributed by atoms with Gasteiger partial charge in [0, 0.05) is 23.0 Å². The molecular formula is C27H25ClF4N4. The summed E-state index contributed by atoms with van der Waals surface area (Å²) in [5.41, 5.74) is 1.35. The summed E-state index contributed by atoms with van der Waals surface area (Å²) in [4.78, 5) is 12.6. The summed E-state index contributed by atoms with van der Waals surface area (Å²) in [5, 5.41) is 4.62. The van der Waals surface area contributed by atoms with Crippen LogP contribution in [0.15, 0.2) is 48.7 Å². The third-order valence-electron chi connectivity index (χ3n) is 7.09. The predicted molar refractivity (Wildman–Crippen MR) is 134 cm³/mol. The van der Waals surface area contributed by atoms with E-state index in [1.165, 1.54) is 12.1 Å². The van der Waals surface area contributed by atoms with E-state index >= 15 is 0 Å². The molecule has 0 bridgehead atoms. The maximum atomic E-state index is 13.9. The molecule has 0 radical (unpaired) electrons. The topological polar surface area (TPSA) is 50.7 Å². The average Bonchev–Trinajstić information content (AvgIpc) is 2.83. The summed E-state index contributed by atoms with van der Waals surface area (Å²) < 4.78 is 53.2. The van der Waals surface area contributed by atoms with Crippen molar-refractivity contribution in [3.8, 4) is 0 Å². The van der Waals surface area contributed by atoms with E-state index in [2.05, 4.69) is 20.3 Å². The van der Waals surface area contributed by atoms with Crippen LogP contribution in [-0.4, -0.2) is 21.0 Å². The Kier molecular flexibility index (Phi) is 6.72. The lowest BCUT2D eigenvalue weighted by atomic mass is 9.76. The fourth-order valence-corrected chi connectivity index (χ4v) is 5.56. The molecule has 4 aromatic rings. The van der Waals surface area contributed by atoms with E-state index in [1.54, 1.807) is 18.3 Å². The Balaban J connectivity index is 1.25. The van der Waals surface area contributed by atoms with Crippen molar-refractivity contribution in [2.45, 2.75) is 57.2 Å². The van der Waals surface area contributed by atoms with Crippen LogP contribution in [0.5, 0.6) is 0 Å². The summed E-state index contributed by atoms with van der Waals surface area (Å²) in [6.45, 7) is 2.04. The molecule has 0 aliphatic heterocycles. The van der Waals surface area contributed by atoms with Gasteiger partial charge in [-0.15, -0.1) is 0 Å². The Morgan fingerprint density at radius 3 is 2.50 bits per heavy atom. The monoisotopic (exact) mass is 516 g/mol. The van der Waals surface area contributed by atoms with Crippen LogP contribution in [0.4, 0.5) is 23.4 Å². The molecular weight excluding hydrogens is 492 g/mol. The Bertz CT molecular complexity index is 1400. The fourth-order valence-electron chi connectivity index (χ4n) is 5.38. The Morgan fingerprint density at radius 2 is 1.75 bits per heavy atom. The maximum Gasteiger partial charge on any atom is 0.416 e. The first-order valence-electron chi connectivity index (χ1n) is 12.0. The van der Waals surface area contributed by atoms with E-state index in [4.69, 9.17) is 11.6 Å². The van der Waals surface area contributed by atoms with E-state index < -0.39 is 11.7 Å². The Morgan fingerprint density at radius 1 is 0.972 bits per heavy atom. The number of pyridine rings is 1. The minimum atomic E-state index is -4.46. The first-order chi connectivity index (χ1) is 17.2. The number of nitrogens with one attached hydrogen (secondary N) is 1. The highest BCUT2D eigenvalue weighted by Gasteiger charge is 2.31. The number of anilines is 1. The van der Waals surface area contributed by atoms with Gasteiger partial charge in [-0.05, 0) is 110 Å². The number of fused-ring (bicyclic) bond motifs is 2. The summed E-state index contributed by atoms with van der Waals surface area (Å²) in [6, 6.07) is 10.2. The van der Waals surface area contributed by atoms with Crippen LogP contribution < -0.4 is 5.32 Å². The normalized spacial score (nSPS) is 19.5. The third kappa shape index (κ3) is 5.24. The number of hydrogen-bond acceptors (Lipinski definition) is 4. The molecule has 4 nitrogen and oxygen atoms in total. The van der Waals surface area contributed by atoms with Crippen LogP contribution in [0.2, 0.25) is 5.28 Å². The molecule has 36 heavy (non-hydrogen) atoms. The van der Waals surface area contributed by atoms with Crippen LogP contribution in [-0.2, 0) is 6.18 Å². The van der Waals surface area contributed by atoms with E-state index in [1.807, 2.05) is 13.0 Å². The van der Waals surface area contributed by atoms with Gasteiger partial charge in [0.2, 0.25) is 5.28 Å². The van der Waals surface area contributed by atoms with Gasteiger partial charge in [-0.25, -0.2) is 14.4 Å². The van der Waals surface area contributed by atoms with Gasteiger partial charge in [0.1, 0.15) is 11.6 Å². The van der Waals surface area contributed by atoms with Crippen molar-refractivity contribution in [1.82, 2.24) is 15.0 Å². The zero-order chi connectivity index (χ0) is 25.4. The van der Waals surface area contributed by atoms with Crippen molar-refractivity contribution in [2.75, 3.05) is 5.32 Å². The summed E-state index contributed by atoms with van der Waals surface area (Å²) in [5.74, 6) is 1.04. The molecule has 9 heteroatoms. The van der Waals surface area contributed by atoms with Gasteiger partial charge >= 0.3 is 6.18 Å². The number of alkyl halides is 3. The number of aromatic nitrogens is 3. The maximum absolute atomic E-state index is 13.9. The summed E-state index contributed by atoms with van der Waals surface area (Å²) in [7, 11) is 0. The van der Waals surface area contributed by atoms with Crippen LogP contribution in [0.25, 0.3) is 21.8 Å². The molecule has 1 aliphatic rings. The van der Waals surface area contributed by atoms with Gasteiger partial charge in [0.15, 0.2) is 0 Å². The van der Waals surface area contributed by atoms with Crippen LogP contribution >= 0.6 is 11.6 Å². The first-order valence-corrected chi connectivity index (χ1v) is 12.4. The number of hydrogen-bond donors (Lipinski definition) is 1. The van der Waals surface area contributed by atoms with E-state index in [0.717, 1.165) is 60.7 Å². The number of benzene rings is 2. The van der Waals surface area contributed by atoms with Crippen molar-refractivity contribution < 1.29 is 17.6 Å². The molecule has 0 saturated heterocycles. The van der Waals surface area contributed by atoms with Crippen LogP contribution in [0.3, 0.4) is 0 Å². The molecule has 1 aliphatic carbocycles. The highest BCUT2D eigenvalue weighted by molar-refractivity contribution is 6.28. The number of halogens is 5. The fraction of sp³-hybridized carbons (Fsp3) is 0.370. The van der Waals surface area contributed by atoms with Gasteiger partial charge in [0.25, 0.3) is 0 Å². The molecule has 2 aromatic heterocycles. The summed E-state index contributed by atoms with van der Waals surface area (Å²) >= 11 is 6.02. The minimum Gasteiger partial charge on any atom is -0.367 e. The molecule has 2 heterocycles. The smallest absolute Gasteiger partial charge is 0.367 e. The lowest BCUT2D eigenvalue weighted by Gasteiger charge is -2.31. The third-order valence-corrected chi connectivity index (χ3v) is 7.26. The molecule has 1 fully saturated rings. The second-order valence-corrected chi connectivity index (χ2v) is 9.97. The molecule has 1 saturated carbocycles. The zero-order valence-corrected chi connectivity index (χ0v) is 20.4. The average molecular weight is 517 g/mol. The molecule has 0 spiro atoms. The van der Waals surface area contributed by atoms with Crippen molar-refractivity contribution in [3.05, 3.63) is 70.9 Å². The molecule has 1 atom stereocenters. The van der Waals surface area contributed by atoms with Gasteiger partial charge in [-0.1, -0.05) is 0 Å². The quantitative estimate of drug-likeness (QED) is 0.215.